The van der Waals surface area contributed by atoms with Gasteiger partial charge in [-0.25, -0.2) is 4.98 Å². The standard InChI is InChI=1S/C14H17N3O2/c1-9(2)10(3)15-14-7-4-11-8-12(17(18)19)5-6-13(11)16-14/h4-10H,1-3H3,(H,15,16). The topological polar surface area (TPSA) is 68.1 Å². The molecular formula is C14H17N3O2. The van der Waals surface area contributed by atoms with Gasteiger partial charge in [0, 0.05) is 23.6 Å². The first-order valence-corrected chi connectivity index (χ1v) is 6.29. The van der Waals surface area contributed by atoms with E-state index >= 15 is 0 Å². The molecule has 1 unspecified atom stereocenters. The zero-order valence-electron chi connectivity index (χ0n) is 11.3. The average Bonchev–Trinajstić information content (AvgIpc) is 2.37. The Morgan fingerprint density at radius 3 is 2.58 bits per heavy atom. The number of nitro benzene ring substituents is 1. The third-order valence-corrected chi connectivity index (χ3v) is 3.26. The number of pyridine rings is 1. The summed E-state index contributed by atoms with van der Waals surface area (Å²) in [6.45, 7) is 6.39. The SMILES string of the molecule is CC(C)C(C)Nc1ccc2cc([N+](=O)[O-])ccc2n1. The van der Waals surface area contributed by atoms with E-state index in [1.165, 1.54) is 12.1 Å². The Morgan fingerprint density at radius 1 is 1.21 bits per heavy atom. The van der Waals surface area contributed by atoms with Crippen molar-refractivity contribution in [3.8, 4) is 0 Å². The lowest BCUT2D eigenvalue weighted by Gasteiger charge is -2.18. The number of hydrogen-bond acceptors (Lipinski definition) is 4. The number of rotatable bonds is 4. The van der Waals surface area contributed by atoms with Gasteiger partial charge in [-0.1, -0.05) is 13.8 Å². The molecule has 2 aromatic rings. The minimum atomic E-state index is -0.396. The van der Waals surface area contributed by atoms with Gasteiger partial charge in [0.15, 0.2) is 0 Å². The van der Waals surface area contributed by atoms with Gasteiger partial charge in [0.2, 0.25) is 0 Å². The Labute approximate surface area is 111 Å². The first-order chi connectivity index (χ1) is 8.97. The van der Waals surface area contributed by atoms with Crippen LogP contribution in [0.15, 0.2) is 30.3 Å². The van der Waals surface area contributed by atoms with E-state index in [1.807, 2.05) is 12.1 Å². The molecule has 0 aliphatic rings. The molecular weight excluding hydrogens is 242 g/mol. The molecule has 5 nitrogen and oxygen atoms in total. The van der Waals surface area contributed by atoms with Crippen LogP contribution in [0, 0.1) is 16.0 Å². The molecule has 0 saturated heterocycles. The number of aromatic nitrogens is 1. The zero-order chi connectivity index (χ0) is 14.0. The van der Waals surface area contributed by atoms with Crippen LogP contribution in [-0.4, -0.2) is 15.9 Å². The lowest BCUT2D eigenvalue weighted by Crippen LogP contribution is -2.21. The lowest BCUT2D eigenvalue weighted by atomic mass is 10.1. The summed E-state index contributed by atoms with van der Waals surface area (Å²) in [6, 6.07) is 8.72. The van der Waals surface area contributed by atoms with Crippen LogP contribution in [-0.2, 0) is 0 Å². The van der Waals surface area contributed by atoms with Gasteiger partial charge in [-0.3, -0.25) is 10.1 Å². The molecule has 1 aromatic heterocycles. The number of fused-ring (bicyclic) bond motifs is 1. The van der Waals surface area contributed by atoms with Gasteiger partial charge in [0.1, 0.15) is 5.82 Å². The molecule has 19 heavy (non-hydrogen) atoms. The van der Waals surface area contributed by atoms with Crippen molar-refractivity contribution in [1.29, 1.82) is 0 Å². The largest absolute Gasteiger partial charge is 0.367 e. The van der Waals surface area contributed by atoms with Gasteiger partial charge in [-0.2, -0.15) is 0 Å². The molecule has 2 rings (SSSR count). The molecule has 0 saturated carbocycles. The second kappa shape index (κ2) is 5.22. The monoisotopic (exact) mass is 259 g/mol. The van der Waals surface area contributed by atoms with Gasteiger partial charge in [-0.15, -0.1) is 0 Å². The summed E-state index contributed by atoms with van der Waals surface area (Å²) in [5, 5.41) is 14.8. The summed E-state index contributed by atoms with van der Waals surface area (Å²) in [4.78, 5) is 14.8. The quantitative estimate of drug-likeness (QED) is 0.672. The molecule has 5 heteroatoms. The second-order valence-corrected chi connectivity index (χ2v) is 5.01. The first-order valence-electron chi connectivity index (χ1n) is 6.29. The van der Waals surface area contributed by atoms with Crippen LogP contribution >= 0.6 is 0 Å². The van der Waals surface area contributed by atoms with E-state index in [4.69, 9.17) is 0 Å². The molecule has 1 aromatic carbocycles. The Balaban J connectivity index is 2.31. The van der Waals surface area contributed by atoms with E-state index < -0.39 is 4.92 Å². The second-order valence-electron chi connectivity index (χ2n) is 5.01. The van der Waals surface area contributed by atoms with Gasteiger partial charge in [0.05, 0.1) is 10.4 Å². The van der Waals surface area contributed by atoms with E-state index in [0.29, 0.717) is 12.0 Å². The first kappa shape index (κ1) is 13.3. The van der Waals surface area contributed by atoms with Crippen molar-refractivity contribution in [2.75, 3.05) is 5.32 Å². The highest BCUT2D eigenvalue weighted by Gasteiger charge is 2.09. The van der Waals surface area contributed by atoms with Crippen molar-refractivity contribution in [2.45, 2.75) is 26.8 Å². The molecule has 1 N–H and O–H groups in total. The lowest BCUT2D eigenvalue weighted by molar-refractivity contribution is -0.384. The molecule has 0 amide bonds. The van der Waals surface area contributed by atoms with Crippen LogP contribution in [0.5, 0.6) is 0 Å². The summed E-state index contributed by atoms with van der Waals surface area (Å²) in [5.74, 6) is 1.30. The summed E-state index contributed by atoms with van der Waals surface area (Å²) in [6.07, 6.45) is 0. The number of nitrogens with zero attached hydrogens (tertiary/aromatic N) is 2. The number of benzene rings is 1. The molecule has 0 radical (unpaired) electrons. The summed E-state index contributed by atoms with van der Waals surface area (Å²) >= 11 is 0. The van der Waals surface area contributed by atoms with Crippen LogP contribution in [0.3, 0.4) is 0 Å². The Bertz CT molecular complexity index is 611. The van der Waals surface area contributed by atoms with Crippen molar-refractivity contribution in [3.63, 3.8) is 0 Å². The molecule has 100 valence electrons. The normalized spacial score (nSPS) is 12.6. The van der Waals surface area contributed by atoms with Crippen LogP contribution < -0.4 is 5.32 Å². The van der Waals surface area contributed by atoms with Crippen molar-refractivity contribution in [3.05, 3.63) is 40.4 Å². The van der Waals surface area contributed by atoms with E-state index in [0.717, 1.165) is 16.7 Å². The Morgan fingerprint density at radius 2 is 1.95 bits per heavy atom. The number of nitro groups is 1. The van der Waals surface area contributed by atoms with Crippen LogP contribution in [0.4, 0.5) is 11.5 Å². The molecule has 1 atom stereocenters. The molecule has 0 aliphatic heterocycles. The van der Waals surface area contributed by atoms with Gasteiger partial charge in [-0.05, 0) is 31.0 Å². The molecule has 0 fully saturated rings. The zero-order valence-corrected chi connectivity index (χ0v) is 11.3. The highest BCUT2D eigenvalue weighted by atomic mass is 16.6. The molecule has 0 bridgehead atoms. The minimum Gasteiger partial charge on any atom is -0.367 e. The fourth-order valence-corrected chi connectivity index (χ4v) is 1.71. The third-order valence-electron chi connectivity index (χ3n) is 3.26. The summed E-state index contributed by atoms with van der Waals surface area (Å²) in [5.41, 5.74) is 0.845. The van der Waals surface area contributed by atoms with Crippen molar-refractivity contribution in [1.82, 2.24) is 4.98 Å². The smallest absolute Gasteiger partial charge is 0.270 e. The summed E-state index contributed by atoms with van der Waals surface area (Å²) in [7, 11) is 0. The number of anilines is 1. The highest BCUT2D eigenvalue weighted by molar-refractivity contribution is 5.82. The van der Waals surface area contributed by atoms with E-state index in [9.17, 15) is 10.1 Å². The number of non-ortho nitro benzene ring substituents is 1. The minimum absolute atomic E-state index is 0.0885. The number of nitrogens with one attached hydrogen (secondary N) is 1. The van der Waals surface area contributed by atoms with Crippen molar-refractivity contribution >= 4 is 22.4 Å². The highest BCUT2D eigenvalue weighted by Crippen LogP contribution is 2.21. The van der Waals surface area contributed by atoms with Gasteiger partial charge < -0.3 is 5.32 Å². The van der Waals surface area contributed by atoms with Crippen molar-refractivity contribution in [2.24, 2.45) is 5.92 Å². The third kappa shape index (κ3) is 2.99. The predicted octanol–water partition coefficient (Wildman–Crippen LogP) is 3.60. The fraction of sp³-hybridized carbons (Fsp3) is 0.357. The Hall–Kier alpha value is -2.17. The van der Waals surface area contributed by atoms with Gasteiger partial charge >= 0.3 is 0 Å². The number of hydrogen-bond donors (Lipinski definition) is 1. The maximum absolute atomic E-state index is 10.7. The molecule has 0 spiro atoms. The van der Waals surface area contributed by atoms with E-state index in [2.05, 4.69) is 31.1 Å². The maximum Gasteiger partial charge on any atom is 0.270 e. The van der Waals surface area contributed by atoms with E-state index in [-0.39, 0.29) is 5.69 Å². The fourth-order valence-electron chi connectivity index (χ4n) is 1.71. The van der Waals surface area contributed by atoms with Crippen LogP contribution in [0.25, 0.3) is 10.9 Å². The molecule has 1 heterocycles. The maximum atomic E-state index is 10.7. The Kier molecular flexibility index (Phi) is 3.64. The van der Waals surface area contributed by atoms with E-state index in [1.54, 1.807) is 6.07 Å². The van der Waals surface area contributed by atoms with Crippen molar-refractivity contribution < 1.29 is 4.92 Å². The van der Waals surface area contributed by atoms with Crippen LogP contribution in [0.2, 0.25) is 0 Å². The predicted molar refractivity (Wildman–Crippen MR) is 76.3 cm³/mol. The van der Waals surface area contributed by atoms with Gasteiger partial charge in [0.25, 0.3) is 5.69 Å². The molecule has 0 aliphatic carbocycles. The van der Waals surface area contributed by atoms with Crippen LogP contribution in [0.1, 0.15) is 20.8 Å². The average molecular weight is 259 g/mol. The summed E-state index contributed by atoms with van der Waals surface area (Å²) < 4.78 is 0.